The Bertz CT molecular complexity index is 544. The molecule has 0 atom stereocenters. The Labute approximate surface area is 116 Å². The maximum Gasteiger partial charge on any atom is 0.229 e. The van der Waals surface area contributed by atoms with Crippen LogP contribution in [0.15, 0.2) is 43.0 Å². The van der Waals surface area contributed by atoms with Crippen molar-refractivity contribution in [3.63, 3.8) is 0 Å². The van der Waals surface area contributed by atoms with Gasteiger partial charge in [0.1, 0.15) is 0 Å². The summed E-state index contributed by atoms with van der Waals surface area (Å²) in [5, 5.41) is 6.23. The molecule has 0 aliphatic rings. The molecule has 1 aromatic heterocycles. The zero-order chi connectivity index (χ0) is 13.5. The number of benzene rings is 1. The van der Waals surface area contributed by atoms with Gasteiger partial charge in [0, 0.05) is 13.1 Å². The highest BCUT2D eigenvalue weighted by Crippen LogP contribution is 2.10. The van der Waals surface area contributed by atoms with E-state index in [-0.39, 0.29) is 5.28 Å². The Morgan fingerprint density at radius 2 is 1.74 bits per heavy atom. The third kappa shape index (κ3) is 4.22. The number of halogens is 1. The molecule has 0 fully saturated rings. The number of nitrogens with one attached hydrogen (secondary N) is 2. The molecule has 0 radical (unpaired) electrons. The topological polar surface area (TPSA) is 62.7 Å². The zero-order valence-electron chi connectivity index (χ0n) is 10.3. The zero-order valence-corrected chi connectivity index (χ0v) is 11.1. The van der Waals surface area contributed by atoms with E-state index in [4.69, 9.17) is 11.6 Å². The van der Waals surface area contributed by atoms with E-state index in [2.05, 4.69) is 32.2 Å². The summed E-state index contributed by atoms with van der Waals surface area (Å²) in [6, 6.07) is 9.98. The smallest absolute Gasteiger partial charge is 0.229 e. The van der Waals surface area contributed by atoms with Crippen LogP contribution in [-0.2, 0) is 6.54 Å². The largest absolute Gasteiger partial charge is 0.351 e. The third-order valence-corrected chi connectivity index (χ3v) is 2.48. The van der Waals surface area contributed by atoms with Gasteiger partial charge < -0.3 is 10.6 Å². The maximum absolute atomic E-state index is 5.84. The lowest BCUT2D eigenvalue weighted by atomic mass is 10.2. The molecule has 1 aromatic carbocycles. The van der Waals surface area contributed by atoms with E-state index in [1.165, 1.54) is 0 Å². The molecule has 0 aliphatic heterocycles. The first-order valence-corrected chi connectivity index (χ1v) is 6.20. The van der Waals surface area contributed by atoms with Crippen molar-refractivity contribution in [2.24, 2.45) is 0 Å². The van der Waals surface area contributed by atoms with Crippen molar-refractivity contribution in [3.05, 3.63) is 53.8 Å². The van der Waals surface area contributed by atoms with E-state index in [0.29, 0.717) is 25.0 Å². The Balaban J connectivity index is 2.03. The van der Waals surface area contributed by atoms with Gasteiger partial charge in [0.05, 0.1) is 0 Å². The molecular formula is C13H14ClN5. The van der Waals surface area contributed by atoms with Gasteiger partial charge in [-0.3, -0.25) is 0 Å². The summed E-state index contributed by atoms with van der Waals surface area (Å²) < 4.78 is 0. The number of hydrogen-bond acceptors (Lipinski definition) is 5. The van der Waals surface area contributed by atoms with Crippen LogP contribution < -0.4 is 10.6 Å². The van der Waals surface area contributed by atoms with Crippen molar-refractivity contribution in [2.75, 3.05) is 17.2 Å². The Morgan fingerprint density at radius 1 is 1.05 bits per heavy atom. The van der Waals surface area contributed by atoms with E-state index in [1.54, 1.807) is 6.08 Å². The van der Waals surface area contributed by atoms with Crippen LogP contribution in [0.5, 0.6) is 0 Å². The van der Waals surface area contributed by atoms with Crippen molar-refractivity contribution < 1.29 is 0 Å². The standard InChI is InChI=1S/C13H14ClN5/c1-2-8-15-12-17-11(14)18-13(19-12)16-9-10-6-4-3-5-7-10/h2-7H,1,8-9H2,(H2,15,16,17,18,19). The second kappa shape index (κ2) is 6.70. The lowest BCUT2D eigenvalue weighted by Gasteiger charge is -2.07. The number of rotatable bonds is 6. The van der Waals surface area contributed by atoms with E-state index < -0.39 is 0 Å². The van der Waals surface area contributed by atoms with E-state index in [9.17, 15) is 0 Å². The van der Waals surface area contributed by atoms with E-state index in [0.717, 1.165) is 5.56 Å². The van der Waals surface area contributed by atoms with Gasteiger partial charge in [-0.05, 0) is 17.2 Å². The fraction of sp³-hybridized carbons (Fsp3) is 0.154. The summed E-state index contributed by atoms with van der Waals surface area (Å²) >= 11 is 5.84. The molecule has 0 aliphatic carbocycles. The van der Waals surface area contributed by atoms with Crippen LogP contribution in [0.2, 0.25) is 5.28 Å². The van der Waals surface area contributed by atoms with Gasteiger partial charge in [0.2, 0.25) is 17.2 Å². The summed E-state index contributed by atoms with van der Waals surface area (Å²) in [6.45, 7) is 4.81. The first kappa shape index (κ1) is 13.3. The summed E-state index contributed by atoms with van der Waals surface area (Å²) in [5.74, 6) is 0.867. The molecule has 5 nitrogen and oxygen atoms in total. The highest BCUT2D eigenvalue weighted by atomic mass is 35.5. The molecule has 19 heavy (non-hydrogen) atoms. The lowest BCUT2D eigenvalue weighted by Crippen LogP contribution is -2.09. The predicted molar refractivity (Wildman–Crippen MR) is 77.3 cm³/mol. The highest BCUT2D eigenvalue weighted by molar-refractivity contribution is 6.28. The minimum atomic E-state index is 0.150. The molecule has 0 amide bonds. The molecule has 0 saturated carbocycles. The average Bonchev–Trinajstić information content (AvgIpc) is 2.43. The van der Waals surface area contributed by atoms with E-state index in [1.807, 2.05) is 30.3 Å². The van der Waals surface area contributed by atoms with Crippen LogP contribution in [0, 0.1) is 0 Å². The third-order valence-electron chi connectivity index (χ3n) is 2.31. The van der Waals surface area contributed by atoms with Gasteiger partial charge in [-0.15, -0.1) is 6.58 Å². The quantitative estimate of drug-likeness (QED) is 0.794. The van der Waals surface area contributed by atoms with Crippen LogP contribution in [-0.4, -0.2) is 21.5 Å². The maximum atomic E-state index is 5.84. The second-order valence-corrected chi connectivity index (χ2v) is 4.10. The monoisotopic (exact) mass is 275 g/mol. The Morgan fingerprint density at radius 3 is 2.42 bits per heavy atom. The number of nitrogens with zero attached hydrogens (tertiary/aromatic N) is 3. The first-order valence-electron chi connectivity index (χ1n) is 5.82. The van der Waals surface area contributed by atoms with Gasteiger partial charge >= 0.3 is 0 Å². The molecule has 1 heterocycles. The molecule has 2 aromatic rings. The Hall–Kier alpha value is -2.14. The molecule has 0 saturated heterocycles. The van der Waals surface area contributed by atoms with E-state index >= 15 is 0 Å². The Kier molecular flexibility index (Phi) is 4.69. The van der Waals surface area contributed by atoms with Gasteiger partial charge in [-0.25, -0.2) is 0 Å². The minimum absolute atomic E-state index is 0.150. The molecular weight excluding hydrogens is 262 g/mol. The van der Waals surface area contributed by atoms with Crippen molar-refractivity contribution in [2.45, 2.75) is 6.54 Å². The molecule has 2 N–H and O–H groups in total. The fourth-order valence-electron chi connectivity index (χ4n) is 1.45. The van der Waals surface area contributed by atoms with Crippen molar-refractivity contribution in [1.82, 2.24) is 15.0 Å². The van der Waals surface area contributed by atoms with Crippen LogP contribution >= 0.6 is 11.6 Å². The van der Waals surface area contributed by atoms with Gasteiger partial charge in [-0.1, -0.05) is 36.4 Å². The van der Waals surface area contributed by atoms with Crippen molar-refractivity contribution >= 4 is 23.5 Å². The van der Waals surface area contributed by atoms with Crippen LogP contribution in [0.3, 0.4) is 0 Å². The molecule has 0 spiro atoms. The summed E-state index contributed by atoms with van der Waals surface area (Å²) in [5.41, 5.74) is 1.14. The molecule has 0 bridgehead atoms. The molecule has 2 rings (SSSR count). The highest BCUT2D eigenvalue weighted by Gasteiger charge is 2.03. The van der Waals surface area contributed by atoms with Gasteiger partial charge in [0.25, 0.3) is 0 Å². The normalized spacial score (nSPS) is 9.95. The first-order chi connectivity index (χ1) is 9.28. The summed E-state index contributed by atoms with van der Waals surface area (Å²) in [7, 11) is 0. The van der Waals surface area contributed by atoms with Gasteiger partial charge in [-0.2, -0.15) is 15.0 Å². The summed E-state index contributed by atoms with van der Waals surface area (Å²) in [4.78, 5) is 12.2. The lowest BCUT2D eigenvalue weighted by molar-refractivity contribution is 0.996. The summed E-state index contributed by atoms with van der Waals surface area (Å²) in [6.07, 6.45) is 1.72. The van der Waals surface area contributed by atoms with Crippen LogP contribution in [0.25, 0.3) is 0 Å². The second-order valence-electron chi connectivity index (χ2n) is 3.76. The predicted octanol–water partition coefficient (Wildman–Crippen LogP) is 2.74. The van der Waals surface area contributed by atoms with Crippen molar-refractivity contribution in [3.8, 4) is 0 Å². The number of anilines is 2. The van der Waals surface area contributed by atoms with Gasteiger partial charge in [0.15, 0.2) is 0 Å². The SMILES string of the molecule is C=CCNc1nc(Cl)nc(NCc2ccccc2)n1. The number of hydrogen-bond donors (Lipinski definition) is 2. The molecule has 6 heteroatoms. The number of aromatic nitrogens is 3. The molecule has 98 valence electrons. The minimum Gasteiger partial charge on any atom is -0.351 e. The average molecular weight is 276 g/mol. The van der Waals surface area contributed by atoms with Crippen LogP contribution in [0.1, 0.15) is 5.56 Å². The molecule has 0 unspecified atom stereocenters. The fourth-order valence-corrected chi connectivity index (χ4v) is 1.61. The van der Waals surface area contributed by atoms with Crippen molar-refractivity contribution in [1.29, 1.82) is 0 Å². The van der Waals surface area contributed by atoms with Crippen LogP contribution in [0.4, 0.5) is 11.9 Å².